The molecule has 1 heterocycles. The maximum Gasteiger partial charge on any atom is 0.230 e. The summed E-state index contributed by atoms with van der Waals surface area (Å²) >= 11 is 0. The van der Waals surface area contributed by atoms with Gasteiger partial charge in [-0.25, -0.2) is 0 Å². The minimum Gasteiger partial charge on any atom is -0.367 e. The molecule has 0 unspecified atom stereocenters. The van der Waals surface area contributed by atoms with Crippen molar-refractivity contribution in [3.63, 3.8) is 0 Å². The monoisotopic (exact) mass is 367 g/mol. The molecule has 146 valence electrons. The summed E-state index contributed by atoms with van der Waals surface area (Å²) in [5.74, 6) is 2.72. The zero-order chi connectivity index (χ0) is 18.4. The SMILES string of the molecule is CCN1CCN(c2ccccc2NC(=O)C23CC4CC(CC(C4)C2)C3)CC1. The lowest BCUT2D eigenvalue weighted by atomic mass is 9.49. The average Bonchev–Trinajstić information content (AvgIpc) is 2.67. The van der Waals surface area contributed by atoms with Gasteiger partial charge in [-0.05, 0) is 75.0 Å². The zero-order valence-corrected chi connectivity index (χ0v) is 16.6. The summed E-state index contributed by atoms with van der Waals surface area (Å²) in [7, 11) is 0. The Morgan fingerprint density at radius 3 is 2.19 bits per heavy atom. The van der Waals surface area contributed by atoms with Crippen LogP contribution in [0.15, 0.2) is 24.3 Å². The summed E-state index contributed by atoms with van der Waals surface area (Å²) < 4.78 is 0. The number of piperazine rings is 1. The lowest BCUT2D eigenvalue weighted by Gasteiger charge is -2.55. The van der Waals surface area contributed by atoms with Gasteiger partial charge in [-0.1, -0.05) is 19.1 Å². The van der Waals surface area contributed by atoms with Crippen LogP contribution in [0, 0.1) is 23.2 Å². The van der Waals surface area contributed by atoms with Gasteiger partial charge in [0.15, 0.2) is 0 Å². The summed E-state index contributed by atoms with van der Waals surface area (Å²) in [4.78, 5) is 18.4. The molecule has 4 nitrogen and oxygen atoms in total. The van der Waals surface area contributed by atoms with Crippen molar-refractivity contribution < 1.29 is 4.79 Å². The Morgan fingerprint density at radius 1 is 1.00 bits per heavy atom. The standard InChI is InChI=1S/C23H33N3O/c1-2-25-7-9-26(10-8-25)21-6-4-3-5-20(21)24-22(27)23-14-17-11-18(15-23)13-19(12-17)16-23/h3-6,17-19H,2,7-16H2,1H3,(H,24,27). The van der Waals surface area contributed by atoms with E-state index in [2.05, 4.69) is 46.3 Å². The van der Waals surface area contributed by atoms with Crippen LogP contribution < -0.4 is 10.2 Å². The van der Waals surface area contributed by atoms with Crippen LogP contribution in [0.3, 0.4) is 0 Å². The Labute approximate surface area is 163 Å². The molecular weight excluding hydrogens is 334 g/mol. The number of amides is 1. The van der Waals surface area contributed by atoms with Crippen LogP contribution in [-0.4, -0.2) is 43.5 Å². The first-order valence-electron chi connectivity index (χ1n) is 11.0. The molecule has 1 aromatic carbocycles. The molecule has 6 rings (SSSR count). The van der Waals surface area contributed by atoms with Gasteiger partial charge in [0.2, 0.25) is 5.91 Å². The highest BCUT2D eigenvalue weighted by atomic mass is 16.2. The summed E-state index contributed by atoms with van der Waals surface area (Å²) in [6.07, 6.45) is 7.52. The van der Waals surface area contributed by atoms with E-state index in [1.54, 1.807) is 0 Å². The fourth-order valence-electron chi connectivity index (χ4n) is 6.80. The number of hydrogen-bond donors (Lipinski definition) is 1. The van der Waals surface area contributed by atoms with Crippen LogP contribution in [0.25, 0.3) is 0 Å². The molecule has 4 saturated carbocycles. The molecule has 0 spiro atoms. The molecule has 1 amide bonds. The smallest absolute Gasteiger partial charge is 0.230 e. The van der Waals surface area contributed by atoms with Crippen molar-refractivity contribution >= 4 is 17.3 Å². The summed E-state index contributed by atoms with van der Waals surface area (Å²) in [6, 6.07) is 8.43. The fourth-order valence-corrected chi connectivity index (χ4v) is 6.80. The highest BCUT2D eigenvalue weighted by Gasteiger charge is 2.54. The first-order chi connectivity index (χ1) is 13.1. The number of hydrogen-bond acceptors (Lipinski definition) is 3. The molecule has 1 aliphatic heterocycles. The van der Waals surface area contributed by atoms with Crippen LogP contribution in [0.1, 0.15) is 45.4 Å². The molecule has 1 aromatic rings. The van der Waals surface area contributed by atoms with Gasteiger partial charge in [0.1, 0.15) is 0 Å². The normalized spacial score (nSPS) is 35.4. The second-order valence-electron chi connectivity index (χ2n) is 9.59. The van der Waals surface area contributed by atoms with Crippen LogP contribution in [0.5, 0.6) is 0 Å². The first kappa shape index (κ1) is 17.5. The van der Waals surface area contributed by atoms with E-state index in [0.717, 1.165) is 75.4 Å². The fraction of sp³-hybridized carbons (Fsp3) is 0.696. The van der Waals surface area contributed by atoms with E-state index >= 15 is 0 Å². The number of benzene rings is 1. The topological polar surface area (TPSA) is 35.6 Å². The quantitative estimate of drug-likeness (QED) is 0.874. The van der Waals surface area contributed by atoms with Gasteiger partial charge >= 0.3 is 0 Å². The first-order valence-corrected chi connectivity index (χ1v) is 11.0. The van der Waals surface area contributed by atoms with Crippen LogP contribution in [0.4, 0.5) is 11.4 Å². The number of likely N-dealkylation sites (N-methyl/N-ethyl adjacent to an activating group) is 1. The summed E-state index contributed by atoms with van der Waals surface area (Å²) in [6.45, 7) is 7.64. The van der Waals surface area contributed by atoms with Crippen molar-refractivity contribution in [2.75, 3.05) is 42.9 Å². The molecule has 4 bridgehead atoms. The van der Waals surface area contributed by atoms with Crippen molar-refractivity contribution in [2.24, 2.45) is 23.2 Å². The summed E-state index contributed by atoms with van der Waals surface area (Å²) in [5, 5.41) is 3.40. The number of rotatable bonds is 4. The highest BCUT2D eigenvalue weighted by molar-refractivity contribution is 5.98. The number of carbonyl (C=O) groups is 1. The molecule has 27 heavy (non-hydrogen) atoms. The molecular formula is C23H33N3O. The van der Waals surface area contributed by atoms with Gasteiger partial charge in [-0.3, -0.25) is 4.79 Å². The lowest BCUT2D eigenvalue weighted by molar-refractivity contribution is -0.140. The molecule has 0 aromatic heterocycles. The highest BCUT2D eigenvalue weighted by Crippen LogP contribution is 2.60. The van der Waals surface area contributed by atoms with E-state index in [4.69, 9.17) is 0 Å². The molecule has 1 saturated heterocycles. The number of nitrogens with zero attached hydrogens (tertiary/aromatic N) is 2. The molecule has 4 aliphatic carbocycles. The van der Waals surface area contributed by atoms with Gasteiger partial charge in [0.05, 0.1) is 16.8 Å². The van der Waals surface area contributed by atoms with E-state index < -0.39 is 0 Å². The number of anilines is 2. The number of nitrogens with one attached hydrogen (secondary N) is 1. The second kappa shape index (κ2) is 6.80. The van der Waals surface area contributed by atoms with Crippen LogP contribution >= 0.6 is 0 Å². The third kappa shape index (κ3) is 3.16. The second-order valence-corrected chi connectivity index (χ2v) is 9.59. The Kier molecular flexibility index (Phi) is 4.42. The molecule has 5 aliphatic rings. The van der Waals surface area contributed by atoms with Crippen molar-refractivity contribution in [1.29, 1.82) is 0 Å². The van der Waals surface area contributed by atoms with Crippen molar-refractivity contribution in [2.45, 2.75) is 45.4 Å². The van der Waals surface area contributed by atoms with Gasteiger partial charge < -0.3 is 15.1 Å². The maximum atomic E-state index is 13.5. The predicted octanol–water partition coefficient (Wildman–Crippen LogP) is 3.98. The minimum atomic E-state index is -0.0806. The molecule has 0 radical (unpaired) electrons. The van der Waals surface area contributed by atoms with E-state index in [-0.39, 0.29) is 5.41 Å². The number of carbonyl (C=O) groups excluding carboxylic acids is 1. The van der Waals surface area contributed by atoms with E-state index in [1.807, 2.05) is 0 Å². The minimum absolute atomic E-state index is 0.0806. The predicted molar refractivity (Wildman–Crippen MR) is 110 cm³/mol. The van der Waals surface area contributed by atoms with Gasteiger partial charge in [-0.2, -0.15) is 0 Å². The van der Waals surface area contributed by atoms with E-state index in [1.165, 1.54) is 24.9 Å². The van der Waals surface area contributed by atoms with E-state index in [0.29, 0.717) is 5.91 Å². The molecule has 1 N–H and O–H groups in total. The third-order valence-corrected chi connectivity index (χ3v) is 7.83. The Balaban J connectivity index is 1.33. The molecule has 4 heteroatoms. The third-order valence-electron chi connectivity index (χ3n) is 7.83. The average molecular weight is 368 g/mol. The van der Waals surface area contributed by atoms with Gasteiger partial charge in [-0.15, -0.1) is 0 Å². The Bertz CT molecular complexity index is 672. The van der Waals surface area contributed by atoms with E-state index in [9.17, 15) is 4.79 Å². The van der Waals surface area contributed by atoms with Crippen molar-refractivity contribution in [3.8, 4) is 0 Å². The lowest BCUT2D eigenvalue weighted by Crippen LogP contribution is -2.52. The van der Waals surface area contributed by atoms with Crippen LogP contribution in [0.2, 0.25) is 0 Å². The van der Waals surface area contributed by atoms with Crippen LogP contribution in [-0.2, 0) is 4.79 Å². The maximum absolute atomic E-state index is 13.5. The molecule has 5 fully saturated rings. The largest absolute Gasteiger partial charge is 0.367 e. The van der Waals surface area contributed by atoms with Crippen molar-refractivity contribution in [1.82, 2.24) is 4.90 Å². The van der Waals surface area contributed by atoms with Crippen molar-refractivity contribution in [3.05, 3.63) is 24.3 Å². The van der Waals surface area contributed by atoms with Gasteiger partial charge in [0.25, 0.3) is 0 Å². The Morgan fingerprint density at radius 2 is 1.59 bits per heavy atom. The van der Waals surface area contributed by atoms with Gasteiger partial charge in [0, 0.05) is 26.2 Å². The Hall–Kier alpha value is -1.55. The summed E-state index contributed by atoms with van der Waals surface area (Å²) in [5.41, 5.74) is 2.14. The zero-order valence-electron chi connectivity index (χ0n) is 16.6. The number of para-hydroxylation sites is 2. The molecule has 0 atom stereocenters.